The standard InChI is InChI=1S/C20H27N3O5S/c1-3-27-18(24)13-7-9-23(10-8-13)12-14-16(19(25)28-4-2)17(22-20(26)21-14)15-6-5-11-29-15/h5-6,11,13,17H,3-4,7-10,12H2,1-2H3,(H2,21,22,26)/t17-/m0/s1. The number of esters is 2. The molecule has 2 aliphatic rings. The Labute approximate surface area is 174 Å². The van der Waals surface area contributed by atoms with Gasteiger partial charge in [0.05, 0.1) is 30.7 Å². The van der Waals surface area contributed by atoms with E-state index in [4.69, 9.17) is 9.47 Å². The molecule has 0 aliphatic carbocycles. The Morgan fingerprint density at radius 1 is 1.21 bits per heavy atom. The third-order valence-corrected chi connectivity index (χ3v) is 6.00. The van der Waals surface area contributed by atoms with E-state index in [1.807, 2.05) is 17.5 Å². The third-order valence-electron chi connectivity index (χ3n) is 5.07. The number of likely N-dealkylation sites (tertiary alicyclic amines) is 1. The third kappa shape index (κ3) is 5.16. The van der Waals surface area contributed by atoms with Gasteiger partial charge >= 0.3 is 18.0 Å². The fraction of sp³-hybridized carbons (Fsp3) is 0.550. The van der Waals surface area contributed by atoms with E-state index in [9.17, 15) is 14.4 Å². The topological polar surface area (TPSA) is 97.0 Å². The molecule has 0 spiro atoms. The minimum Gasteiger partial charge on any atom is -0.466 e. The van der Waals surface area contributed by atoms with Crippen molar-refractivity contribution in [3.63, 3.8) is 0 Å². The average molecular weight is 422 g/mol. The van der Waals surface area contributed by atoms with Crippen molar-refractivity contribution in [2.45, 2.75) is 32.7 Å². The van der Waals surface area contributed by atoms with Crippen LogP contribution in [0.1, 0.15) is 37.6 Å². The highest BCUT2D eigenvalue weighted by Crippen LogP contribution is 2.31. The predicted octanol–water partition coefficient (Wildman–Crippen LogP) is 2.19. The van der Waals surface area contributed by atoms with Crippen molar-refractivity contribution in [3.8, 4) is 0 Å². The predicted molar refractivity (Wildman–Crippen MR) is 108 cm³/mol. The van der Waals surface area contributed by atoms with Crippen LogP contribution in [0, 0.1) is 5.92 Å². The SMILES string of the molecule is CCOC(=O)C1=C(CN2CCC(C(=O)OCC)CC2)NC(=O)N[C@H]1c1cccs1. The lowest BCUT2D eigenvalue weighted by molar-refractivity contribution is -0.149. The van der Waals surface area contributed by atoms with E-state index in [2.05, 4.69) is 15.5 Å². The monoisotopic (exact) mass is 421 g/mol. The van der Waals surface area contributed by atoms with Gasteiger partial charge in [0.15, 0.2) is 0 Å². The second-order valence-electron chi connectivity index (χ2n) is 6.96. The number of hydrogen-bond acceptors (Lipinski definition) is 7. The molecule has 2 N–H and O–H groups in total. The van der Waals surface area contributed by atoms with Crippen LogP contribution >= 0.6 is 11.3 Å². The molecule has 0 saturated carbocycles. The normalized spacial score (nSPS) is 20.8. The van der Waals surface area contributed by atoms with Crippen molar-refractivity contribution in [2.75, 3.05) is 32.8 Å². The molecule has 0 radical (unpaired) electrons. The Hall–Kier alpha value is -2.39. The summed E-state index contributed by atoms with van der Waals surface area (Å²) in [5, 5.41) is 7.54. The maximum absolute atomic E-state index is 12.7. The summed E-state index contributed by atoms with van der Waals surface area (Å²) in [5.41, 5.74) is 0.988. The van der Waals surface area contributed by atoms with Crippen LogP contribution < -0.4 is 10.6 Å². The van der Waals surface area contributed by atoms with E-state index >= 15 is 0 Å². The fourth-order valence-corrected chi connectivity index (χ4v) is 4.46. The van der Waals surface area contributed by atoms with E-state index in [-0.39, 0.29) is 24.5 Å². The Bertz CT molecular complexity index is 769. The molecule has 2 aliphatic heterocycles. The molecule has 3 heterocycles. The molecule has 1 aromatic rings. The molecule has 1 atom stereocenters. The quantitative estimate of drug-likeness (QED) is 0.655. The van der Waals surface area contributed by atoms with Gasteiger partial charge in [-0.25, -0.2) is 9.59 Å². The molecule has 8 nitrogen and oxygen atoms in total. The van der Waals surface area contributed by atoms with Crippen LogP contribution in [0.25, 0.3) is 0 Å². The Morgan fingerprint density at radius 2 is 1.93 bits per heavy atom. The maximum atomic E-state index is 12.7. The summed E-state index contributed by atoms with van der Waals surface area (Å²) in [6.45, 7) is 6.00. The first-order valence-electron chi connectivity index (χ1n) is 9.93. The Balaban J connectivity index is 1.78. The molecule has 0 aromatic carbocycles. The van der Waals surface area contributed by atoms with Crippen LogP contribution in [0.4, 0.5) is 4.79 Å². The Morgan fingerprint density at radius 3 is 2.55 bits per heavy atom. The van der Waals surface area contributed by atoms with Crippen LogP contribution in [-0.2, 0) is 19.1 Å². The lowest BCUT2D eigenvalue weighted by Gasteiger charge is -2.34. The van der Waals surface area contributed by atoms with Crippen LogP contribution in [0.2, 0.25) is 0 Å². The van der Waals surface area contributed by atoms with Gasteiger partial charge in [-0.3, -0.25) is 9.69 Å². The molecule has 1 fully saturated rings. The summed E-state index contributed by atoms with van der Waals surface area (Å²) >= 11 is 1.48. The summed E-state index contributed by atoms with van der Waals surface area (Å²) in [7, 11) is 0. The van der Waals surface area contributed by atoms with Crippen LogP contribution in [0.3, 0.4) is 0 Å². The Kier molecular flexibility index (Phi) is 7.27. The molecular formula is C20H27N3O5S. The smallest absolute Gasteiger partial charge is 0.338 e. The maximum Gasteiger partial charge on any atom is 0.338 e. The van der Waals surface area contributed by atoms with Crippen molar-refractivity contribution in [1.82, 2.24) is 15.5 Å². The first-order valence-corrected chi connectivity index (χ1v) is 10.8. The molecule has 0 unspecified atom stereocenters. The van der Waals surface area contributed by atoms with Gasteiger partial charge in [0, 0.05) is 17.1 Å². The highest BCUT2D eigenvalue weighted by atomic mass is 32.1. The lowest BCUT2D eigenvalue weighted by Crippen LogP contribution is -2.49. The molecule has 9 heteroatoms. The highest BCUT2D eigenvalue weighted by Gasteiger charge is 2.35. The number of urea groups is 1. The van der Waals surface area contributed by atoms with E-state index < -0.39 is 12.0 Å². The number of amides is 2. The number of hydrogen-bond donors (Lipinski definition) is 2. The molecule has 1 aromatic heterocycles. The summed E-state index contributed by atoms with van der Waals surface area (Å²) in [5.74, 6) is -0.674. The van der Waals surface area contributed by atoms with Gasteiger partial charge in [-0.1, -0.05) is 6.07 Å². The van der Waals surface area contributed by atoms with Crippen LogP contribution in [0.5, 0.6) is 0 Å². The zero-order chi connectivity index (χ0) is 20.8. The number of carbonyl (C=O) groups excluding carboxylic acids is 3. The van der Waals surface area contributed by atoms with Crippen molar-refractivity contribution in [2.24, 2.45) is 5.92 Å². The van der Waals surface area contributed by atoms with Gasteiger partial charge in [-0.2, -0.15) is 0 Å². The van der Waals surface area contributed by atoms with E-state index in [0.29, 0.717) is 50.4 Å². The number of ether oxygens (including phenoxy) is 2. The first-order chi connectivity index (χ1) is 14.0. The number of rotatable bonds is 7. The fourth-order valence-electron chi connectivity index (χ4n) is 3.67. The van der Waals surface area contributed by atoms with Gasteiger partial charge in [-0.05, 0) is 51.2 Å². The van der Waals surface area contributed by atoms with Gasteiger partial charge < -0.3 is 20.1 Å². The molecule has 29 heavy (non-hydrogen) atoms. The minimum absolute atomic E-state index is 0.0915. The molecule has 1 saturated heterocycles. The summed E-state index contributed by atoms with van der Waals surface area (Å²) in [4.78, 5) is 40.0. The van der Waals surface area contributed by atoms with Gasteiger partial charge in [0.1, 0.15) is 0 Å². The van der Waals surface area contributed by atoms with Crippen molar-refractivity contribution in [3.05, 3.63) is 33.7 Å². The molecule has 3 rings (SSSR count). The number of carbonyl (C=O) groups is 3. The number of piperidine rings is 1. The van der Waals surface area contributed by atoms with E-state index in [1.165, 1.54) is 11.3 Å². The largest absolute Gasteiger partial charge is 0.466 e. The molecular weight excluding hydrogens is 394 g/mol. The average Bonchev–Trinajstić information content (AvgIpc) is 3.23. The van der Waals surface area contributed by atoms with Gasteiger partial charge in [0.2, 0.25) is 0 Å². The number of thiophene rings is 1. The molecule has 158 valence electrons. The van der Waals surface area contributed by atoms with E-state index in [1.54, 1.807) is 13.8 Å². The van der Waals surface area contributed by atoms with Gasteiger partial charge in [-0.15, -0.1) is 11.3 Å². The lowest BCUT2D eigenvalue weighted by atomic mass is 9.96. The number of nitrogens with zero attached hydrogens (tertiary/aromatic N) is 1. The van der Waals surface area contributed by atoms with Crippen molar-refractivity contribution < 1.29 is 23.9 Å². The van der Waals surface area contributed by atoms with Crippen LogP contribution in [0.15, 0.2) is 28.8 Å². The summed E-state index contributed by atoms with van der Waals surface area (Å²) in [6, 6.07) is 2.90. The van der Waals surface area contributed by atoms with Gasteiger partial charge in [0.25, 0.3) is 0 Å². The zero-order valence-corrected chi connectivity index (χ0v) is 17.5. The number of nitrogens with one attached hydrogen (secondary N) is 2. The second-order valence-corrected chi connectivity index (χ2v) is 7.94. The summed E-state index contributed by atoms with van der Waals surface area (Å²) in [6.07, 6.45) is 1.39. The summed E-state index contributed by atoms with van der Waals surface area (Å²) < 4.78 is 10.4. The second kappa shape index (κ2) is 9.89. The van der Waals surface area contributed by atoms with Crippen molar-refractivity contribution >= 4 is 29.3 Å². The first kappa shape index (κ1) is 21.3. The van der Waals surface area contributed by atoms with Crippen LogP contribution in [-0.4, -0.2) is 55.7 Å². The highest BCUT2D eigenvalue weighted by molar-refractivity contribution is 7.10. The minimum atomic E-state index is -0.533. The molecule has 2 amide bonds. The zero-order valence-electron chi connectivity index (χ0n) is 16.7. The molecule has 0 bridgehead atoms. The van der Waals surface area contributed by atoms with E-state index in [0.717, 1.165) is 4.88 Å². The van der Waals surface area contributed by atoms with Crippen molar-refractivity contribution in [1.29, 1.82) is 0 Å².